The lowest BCUT2D eigenvalue weighted by Crippen LogP contribution is -2.27. The number of fused-ring (bicyclic) bond motifs is 2. The van der Waals surface area contributed by atoms with Gasteiger partial charge in [-0.05, 0) is 105 Å². The summed E-state index contributed by atoms with van der Waals surface area (Å²) in [7, 11) is 0. The number of nitrogens with two attached hydrogens (primary N) is 1. The predicted molar refractivity (Wildman–Crippen MR) is 208 cm³/mol. The van der Waals surface area contributed by atoms with Crippen molar-refractivity contribution < 1.29 is 14.3 Å². The molecule has 4 N–H and O–H groups in total. The zero-order valence-electron chi connectivity index (χ0n) is 29.2. The molecule has 0 radical (unpaired) electrons. The molecule has 0 bridgehead atoms. The lowest BCUT2D eigenvalue weighted by Gasteiger charge is -2.19. The number of thiophene rings is 1. The molecule has 6 aromatic rings. The van der Waals surface area contributed by atoms with Crippen LogP contribution in [0.3, 0.4) is 0 Å². The van der Waals surface area contributed by atoms with Crippen LogP contribution in [0.2, 0.25) is 5.28 Å². The molecule has 0 spiro atoms. The van der Waals surface area contributed by atoms with Crippen LogP contribution in [0, 0.1) is 6.92 Å². The van der Waals surface area contributed by atoms with Gasteiger partial charge in [-0.15, -0.1) is 11.3 Å². The van der Waals surface area contributed by atoms with Gasteiger partial charge in [0.15, 0.2) is 5.82 Å². The first-order valence-corrected chi connectivity index (χ1v) is 17.9. The van der Waals surface area contributed by atoms with Crippen LogP contribution in [0.25, 0.3) is 26.7 Å². The Balaban J connectivity index is 0.000000154. The lowest BCUT2D eigenvalue weighted by atomic mass is 10.1. The van der Waals surface area contributed by atoms with Crippen LogP contribution in [0.15, 0.2) is 83.4 Å². The van der Waals surface area contributed by atoms with E-state index in [9.17, 15) is 4.79 Å². The fourth-order valence-electron chi connectivity index (χ4n) is 5.16. The summed E-state index contributed by atoms with van der Waals surface area (Å²) in [5.41, 5.74) is 10.7. The summed E-state index contributed by atoms with van der Waals surface area (Å²) in [6, 6.07) is 17.9. The summed E-state index contributed by atoms with van der Waals surface area (Å²) < 4.78 is 12.6. The summed E-state index contributed by atoms with van der Waals surface area (Å²) in [5.74, 6) is 2.22. The van der Waals surface area contributed by atoms with Crippen molar-refractivity contribution >= 4 is 84.9 Å². The third-order valence-electron chi connectivity index (χ3n) is 7.54. The Morgan fingerprint density at radius 3 is 2.54 bits per heavy atom. The van der Waals surface area contributed by atoms with Crippen molar-refractivity contribution in [3.05, 3.63) is 95.1 Å². The highest BCUT2D eigenvalue weighted by Crippen LogP contribution is 2.29. The molecular weight excluding hydrogens is 700 g/mol. The quantitative estimate of drug-likeness (QED) is 0.147. The largest absolute Gasteiger partial charge is 0.442 e. The van der Waals surface area contributed by atoms with E-state index in [1.54, 1.807) is 35.9 Å². The van der Waals surface area contributed by atoms with Gasteiger partial charge >= 0.3 is 6.09 Å². The molecule has 1 saturated heterocycles. The molecule has 0 amide bonds. The van der Waals surface area contributed by atoms with Crippen molar-refractivity contribution in [2.24, 2.45) is 10.7 Å². The standard InChI is InChI=1S/C17H14N4S.C16H16ClN5O2.C4H9NO/c1-11-19-15-7-9-22-16(15)17(20-11)21-14-4-2-12(3-5-14)13-6-8-18-10-13;1-16(2,3)24-15(23)22-12-5-4-11(8-10(12)9-19-22)20-13-6-7-18-14(17)21-13;5-4-1-2-6-3-4/h2-7,9-10H,8H2,1H3,(H,19,20,21);4-9H,1-3H3,(H,18,20,21);4H,1-3,5H2. The number of hydrogen-bond donors (Lipinski definition) is 3. The summed E-state index contributed by atoms with van der Waals surface area (Å²) in [4.78, 5) is 33.3. The average molecular weight is 739 g/mol. The lowest BCUT2D eigenvalue weighted by molar-refractivity contribution is 0.0522. The monoisotopic (exact) mass is 738 g/mol. The van der Waals surface area contributed by atoms with Crippen LogP contribution in [-0.2, 0) is 9.47 Å². The Labute approximate surface area is 310 Å². The van der Waals surface area contributed by atoms with Crippen molar-refractivity contribution in [2.45, 2.75) is 45.8 Å². The van der Waals surface area contributed by atoms with Gasteiger partial charge in [0.2, 0.25) is 5.28 Å². The zero-order chi connectivity index (χ0) is 36.7. The Hall–Kier alpha value is -5.28. The second-order valence-corrected chi connectivity index (χ2v) is 14.1. The number of carbonyl (C=O) groups excluding carboxylic acids is 1. The highest BCUT2D eigenvalue weighted by molar-refractivity contribution is 7.17. The zero-order valence-corrected chi connectivity index (χ0v) is 30.8. The van der Waals surface area contributed by atoms with Crippen molar-refractivity contribution in [2.75, 3.05) is 30.4 Å². The van der Waals surface area contributed by atoms with E-state index in [1.807, 2.05) is 57.5 Å². The Morgan fingerprint density at radius 2 is 1.87 bits per heavy atom. The number of nitrogens with zero attached hydrogens (tertiary/aromatic N) is 7. The molecule has 13 nitrogen and oxygen atoms in total. The van der Waals surface area contributed by atoms with Gasteiger partial charge in [0.1, 0.15) is 17.2 Å². The van der Waals surface area contributed by atoms with Crippen LogP contribution < -0.4 is 16.4 Å². The first-order valence-electron chi connectivity index (χ1n) is 16.6. The molecule has 0 saturated carbocycles. The Morgan fingerprint density at radius 1 is 1.06 bits per heavy atom. The van der Waals surface area contributed by atoms with Crippen LogP contribution in [0.5, 0.6) is 0 Å². The maximum Gasteiger partial charge on any atom is 0.435 e. The normalized spacial score (nSPS) is 15.0. The number of allylic oxidation sites excluding steroid dienone is 1. The molecular formula is C37H39ClN10O3S. The number of carbonyl (C=O) groups is 1. The number of rotatable bonds is 5. The van der Waals surface area contributed by atoms with Crippen LogP contribution >= 0.6 is 22.9 Å². The number of benzene rings is 2. The minimum atomic E-state index is -0.580. The molecule has 4 aromatic heterocycles. The third-order valence-corrected chi connectivity index (χ3v) is 8.63. The van der Waals surface area contributed by atoms with Gasteiger partial charge in [-0.1, -0.05) is 18.2 Å². The third kappa shape index (κ3) is 9.73. The molecule has 2 aromatic carbocycles. The van der Waals surface area contributed by atoms with E-state index in [4.69, 9.17) is 26.8 Å². The maximum absolute atomic E-state index is 12.2. The van der Waals surface area contributed by atoms with Crippen LogP contribution in [0.1, 0.15) is 38.6 Å². The van der Waals surface area contributed by atoms with E-state index < -0.39 is 11.7 Å². The van der Waals surface area contributed by atoms with E-state index in [-0.39, 0.29) is 5.28 Å². The van der Waals surface area contributed by atoms with E-state index in [0.29, 0.717) is 17.4 Å². The van der Waals surface area contributed by atoms with Gasteiger partial charge in [0.25, 0.3) is 0 Å². The minimum absolute atomic E-state index is 0.166. The van der Waals surface area contributed by atoms with Crippen molar-refractivity contribution in [3.8, 4) is 0 Å². The number of nitrogens with one attached hydrogen (secondary N) is 2. The van der Waals surface area contributed by atoms with Gasteiger partial charge < -0.3 is 25.8 Å². The van der Waals surface area contributed by atoms with Crippen molar-refractivity contribution in [1.82, 2.24) is 29.7 Å². The fraction of sp³-hybridized carbons (Fsp3) is 0.270. The molecule has 1 unspecified atom stereocenters. The Bertz CT molecular complexity index is 2220. The van der Waals surface area contributed by atoms with Crippen molar-refractivity contribution in [1.29, 1.82) is 0 Å². The van der Waals surface area contributed by atoms with E-state index in [2.05, 4.69) is 71.0 Å². The molecule has 1 fully saturated rings. The van der Waals surface area contributed by atoms with Gasteiger partial charge in [0.05, 0.1) is 35.1 Å². The molecule has 2 aliphatic heterocycles. The molecule has 0 aliphatic carbocycles. The number of aliphatic imine (C=N–C) groups is 1. The second-order valence-electron chi connectivity index (χ2n) is 12.9. The average Bonchev–Trinajstić information content (AvgIpc) is 3.93. The van der Waals surface area contributed by atoms with Crippen LogP contribution in [0.4, 0.5) is 27.8 Å². The smallest absolute Gasteiger partial charge is 0.435 e. The van der Waals surface area contributed by atoms with Crippen molar-refractivity contribution in [3.63, 3.8) is 0 Å². The fourth-order valence-corrected chi connectivity index (χ4v) is 6.08. The number of aromatic nitrogens is 6. The number of aryl methyl sites for hydroxylation is 1. The summed E-state index contributed by atoms with van der Waals surface area (Å²) >= 11 is 7.42. The first-order chi connectivity index (χ1) is 25.0. The molecule has 1 atom stereocenters. The van der Waals surface area contributed by atoms with E-state index >= 15 is 0 Å². The van der Waals surface area contributed by atoms with E-state index in [0.717, 1.165) is 64.8 Å². The van der Waals surface area contributed by atoms with Gasteiger partial charge in [-0.2, -0.15) is 9.78 Å². The highest BCUT2D eigenvalue weighted by atomic mass is 35.5. The van der Waals surface area contributed by atoms with Crippen LogP contribution in [-0.4, -0.2) is 73.4 Å². The topological polar surface area (TPSA) is 167 Å². The number of ether oxygens (including phenoxy) is 2. The number of anilines is 4. The minimum Gasteiger partial charge on any atom is -0.442 e. The molecule has 8 rings (SSSR count). The second kappa shape index (κ2) is 16.4. The van der Waals surface area contributed by atoms with Gasteiger partial charge in [-0.3, -0.25) is 4.99 Å². The van der Waals surface area contributed by atoms with Gasteiger partial charge in [-0.25, -0.2) is 24.7 Å². The van der Waals surface area contributed by atoms with Gasteiger partial charge in [0, 0.05) is 41.8 Å². The number of halogens is 1. The first kappa shape index (κ1) is 36.5. The SMILES string of the molecule is CC(C)(C)OC(=O)n1ncc2cc(Nc3ccnc(Cl)n3)ccc21.Cc1nc(Nc2ccc(C3=CCN=C3)cc2)c2sccc2n1.NC1CCOC1. The molecule has 15 heteroatoms. The number of hydrogen-bond acceptors (Lipinski definition) is 13. The maximum atomic E-state index is 12.2. The molecule has 52 heavy (non-hydrogen) atoms. The van der Waals surface area contributed by atoms with E-state index in [1.165, 1.54) is 15.8 Å². The summed E-state index contributed by atoms with van der Waals surface area (Å²) in [6.45, 7) is 9.76. The molecule has 2 aliphatic rings. The molecule has 268 valence electrons. The summed E-state index contributed by atoms with van der Waals surface area (Å²) in [6.07, 6.45) is 7.76. The predicted octanol–water partition coefficient (Wildman–Crippen LogP) is 7.95. The Kier molecular flexibility index (Phi) is 11.5. The molecule has 6 heterocycles. The summed E-state index contributed by atoms with van der Waals surface area (Å²) in [5, 5.41) is 13.6. The highest BCUT2D eigenvalue weighted by Gasteiger charge is 2.20.